The third-order valence-electron chi connectivity index (χ3n) is 3.65. The highest BCUT2D eigenvalue weighted by Crippen LogP contribution is 2.23. The van der Waals surface area contributed by atoms with Crippen molar-refractivity contribution in [2.24, 2.45) is 5.92 Å². The second-order valence-electron chi connectivity index (χ2n) is 5.42. The van der Waals surface area contributed by atoms with E-state index in [4.69, 9.17) is 4.74 Å². The van der Waals surface area contributed by atoms with Crippen LogP contribution in [-0.4, -0.2) is 60.3 Å². The van der Waals surface area contributed by atoms with Crippen molar-refractivity contribution in [2.45, 2.75) is 38.8 Å². The van der Waals surface area contributed by atoms with Gasteiger partial charge in [-0.25, -0.2) is 0 Å². The van der Waals surface area contributed by atoms with Crippen molar-refractivity contribution in [1.82, 2.24) is 10.2 Å². The first-order chi connectivity index (χ1) is 8.85. The maximum absolute atomic E-state index is 12.6. The molecule has 0 radical (unpaired) electrons. The molecule has 1 saturated heterocycles. The summed E-state index contributed by atoms with van der Waals surface area (Å²) in [5.74, 6) is -1.62. The van der Waals surface area contributed by atoms with Gasteiger partial charge in [-0.15, -0.1) is 0 Å². The first-order valence-corrected chi connectivity index (χ1v) is 6.65. The Hall–Kier alpha value is -1.14. The molecule has 1 fully saturated rings. The second-order valence-corrected chi connectivity index (χ2v) is 5.42. The minimum atomic E-state index is -0.904. The van der Waals surface area contributed by atoms with Crippen molar-refractivity contribution in [3.05, 3.63) is 0 Å². The van der Waals surface area contributed by atoms with Crippen LogP contribution in [0.5, 0.6) is 0 Å². The Morgan fingerprint density at radius 1 is 1.42 bits per heavy atom. The molecule has 110 valence electrons. The molecule has 6 heteroatoms. The third-order valence-corrected chi connectivity index (χ3v) is 3.65. The summed E-state index contributed by atoms with van der Waals surface area (Å²) in [5, 5.41) is 12.2. The number of carbonyl (C=O) groups is 2. The molecule has 19 heavy (non-hydrogen) atoms. The molecule has 1 rings (SSSR count). The van der Waals surface area contributed by atoms with Gasteiger partial charge in [0, 0.05) is 6.54 Å². The Morgan fingerprint density at radius 2 is 2.05 bits per heavy atom. The fourth-order valence-electron chi connectivity index (χ4n) is 2.21. The number of likely N-dealkylation sites (N-methyl/N-ethyl adjacent to an activating group) is 1. The minimum Gasteiger partial charge on any atom is -0.481 e. The molecule has 1 heterocycles. The number of carbonyl (C=O) groups excluding carboxylic acids is 1. The molecule has 6 nitrogen and oxygen atoms in total. The molecule has 1 aliphatic rings. The number of carboxylic acids is 1. The molecular formula is C13H24N2O4. The second kappa shape index (κ2) is 6.34. The van der Waals surface area contributed by atoms with E-state index >= 15 is 0 Å². The lowest BCUT2D eigenvalue weighted by atomic mass is 9.97. The van der Waals surface area contributed by atoms with Gasteiger partial charge in [0.05, 0.1) is 24.8 Å². The summed E-state index contributed by atoms with van der Waals surface area (Å²) in [6, 6.07) is -0.377. The first-order valence-electron chi connectivity index (χ1n) is 6.65. The van der Waals surface area contributed by atoms with Crippen LogP contribution in [0.15, 0.2) is 0 Å². The van der Waals surface area contributed by atoms with Gasteiger partial charge < -0.3 is 20.1 Å². The number of amides is 1. The van der Waals surface area contributed by atoms with Gasteiger partial charge in [-0.3, -0.25) is 9.59 Å². The van der Waals surface area contributed by atoms with Gasteiger partial charge in [0.15, 0.2) is 0 Å². The molecule has 0 bridgehead atoms. The van der Waals surface area contributed by atoms with Crippen molar-refractivity contribution in [3.63, 3.8) is 0 Å². The standard InChI is InChI=1S/C13H24N2O4/c1-5-6-15(12(18)13(2,3)14-4)10-8-19-7-9(10)11(16)17/h9-10,14H,5-8H2,1-4H3,(H,16,17). The van der Waals surface area contributed by atoms with Gasteiger partial charge in [0.25, 0.3) is 0 Å². The maximum atomic E-state index is 12.6. The lowest BCUT2D eigenvalue weighted by Gasteiger charge is -2.36. The predicted octanol–water partition coefficient (Wildman–Crippen LogP) is 0.323. The van der Waals surface area contributed by atoms with E-state index in [1.165, 1.54) is 0 Å². The average molecular weight is 272 g/mol. The first kappa shape index (κ1) is 15.9. The van der Waals surface area contributed by atoms with E-state index in [1.54, 1.807) is 25.8 Å². The Kier molecular flexibility index (Phi) is 5.31. The monoisotopic (exact) mass is 272 g/mol. The third kappa shape index (κ3) is 3.45. The van der Waals surface area contributed by atoms with Gasteiger partial charge in [-0.1, -0.05) is 6.92 Å². The van der Waals surface area contributed by atoms with E-state index in [1.807, 2.05) is 6.92 Å². The van der Waals surface area contributed by atoms with E-state index in [0.29, 0.717) is 13.2 Å². The average Bonchev–Trinajstić information content (AvgIpc) is 2.84. The highest BCUT2D eigenvalue weighted by Gasteiger charge is 2.42. The summed E-state index contributed by atoms with van der Waals surface area (Å²) in [6.45, 7) is 6.57. The van der Waals surface area contributed by atoms with E-state index in [0.717, 1.165) is 6.42 Å². The minimum absolute atomic E-state index is 0.0846. The topological polar surface area (TPSA) is 78.9 Å². The highest BCUT2D eigenvalue weighted by atomic mass is 16.5. The largest absolute Gasteiger partial charge is 0.481 e. The highest BCUT2D eigenvalue weighted by molar-refractivity contribution is 5.86. The van der Waals surface area contributed by atoms with Gasteiger partial charge >= 0.3 is 5.97 Å². The maximum Gasteiger partial charge on any atom is 0.311 e. The van der Waals surface area contributed by atoms with Gasteiger partial charge in [-0.2, -0.15) is 0 Å². The Morgan fingerprint density at radius 3 is 2.53 bits per heavy atom. The Balaban J connectivity index is 2.94. The van der Waals surface area contributed by atoms with Crippen molar-refractivity contribution in [1.29, 1.82) is 0 Å². The number of nitrogens with one attached hydrogen (secondary N) is 1. The molecule has 0 spiro atoms. The number of nitrogens with zero attached hydrogens (tertiary/aromatic N) is 1. The molecule has 0 aromatic heterocycles. The molecule has 2 unspecified atom stereocenters. The lowest BCUT2D eigenvalue weighted by Crippen LogP contribution is -2.57. The number of rotatable bonds is 6. The van der Waals surface area contributed by atoms with Crippen LogP contribution >= 0.6 is 0 Å². The number of ether oxygens (including phenoxy) is 1. The lowest BCUT2D eigenvalue weighted by molar-refractivity contribution is -0.146. The molecule has 0 aliphatic carbocycles. The van der Waals surface area contributed by atoms with E-state index in [-0.39, 0.29) is 18.6 Å². The van der Waals surface area contributed by atoms with E-state index in [2.05, 4.69) is 5.32 Å². The molecular weight excluding hydrogens is 248 g/mol. The Bertz CT molecular complexity index is 344. The summed E-state index contributed by atoms with van der Waals surface area (Å²) in [4.78, 5) is 25.4. The normalized spacial score (nSPS) is 23.4. The van der Waals surface area contributed by atoms with Crippen molar-refractivity contribution < 1.29 is 19.4 Å². The molecule has 2 atom stereocenters. The molecule has 2 N–H and O–H groups in total. The smallest absolute Gasteiger partial charge is 0.311 e. The molecule has 0 saturated carbocycles. The number of aliphatic carboxylic acids is 1. The van der Waals surface area contributed by atoms with Crippen molar-refractivity contribution in [2.75, 3.05) is 26.8 Å². The Labute approximate surface area is 114 Å². The summed E-state index contributed by atoms with van der Waals surface area (Å²) in [7, 11) is 1.72. The van der Waals surface area contributed by atoms with Crippen LogP contribution in [0.1, 0.15) is 27.2 Å². The molecule has 0 aromatic carbocycles. The van der Waals surface area contributed by atoms with Crippen LogP contribution in [-0.2, 0) is 14.3 Å². The summed E-state index contributed by atoms with van der Waals surface area (Å²) < 4.78 is 5.26. The SMILES string of the molecule is CCCN(C(=O)C(C)(C)NC)C1COCC1C(=O)O. The van der Waals surface area contributed by atoms with Crippen molar-refractivity contribution in [3.8, 4) is 0 Å². The van der Waals surface area contributed by atoms with Gasteiger partial charge in [0.1, 0.15) is 5.92 Å². The predicted molar refractivity (Wildman–Crippen MR) is 70.9 cm³/mol. The zero-order valence-corrected chi connectivity index (χ0v) is 12.1. The molecule has 0 aromatic rings. The fraction of sp³-hybridized carbons (Fsp3) is 0.846. The van der Waals surface area contributed by atoms with Crippen LogP contribution in [0.25, 0.3) is 0 Å². The summed E-state index contributed by atoms with van der Waals surface area (Å²) in [5.41, 5.74) is -0.708. The van der Waals surface area contributed by atoms with Gasteiger partial charge in [-0.05, 0) is 27.3 Å². The fourth-order valence-corrected chi connectivity index (χ4v) is 2.21. The quantitative estimate of drug-likeness (QED) is 0.728. The van der Waals surface area contributed by atoms with Crippen LogP contribution in [0.3, 0.4) is 0 Å². The van der Waals surface area contributed by atoms with Gasteiger partial charge in [0.2, 0.25) is 5.91 Å². The van der Waals surface area contributed by atoms with Crippen LogP contribution in [0.4, 0.5) is 0 Å². The number of hydrogen-bond acceptors (Lipinski definition) is 4. The zero-order valence-electron chi connectivity index (χ0n) is 12.1. The van der Waals surface area contributed by atoms with Crippen LogP contribution in [0, 0.1) is 5.92 Å². The molecule has 1 amide bonds. The number of carboxylic acid groups (broad SMARTS) is 1. The van der Waals surface area contributed by atoms with Crippen LogP contribution in [0.2, 0.25) is 0 Å². The zero-order chi connectivity index (χ0) is 14.6. The summed E-state index contributed by atoms with van der Waals surface area (Å²) >= 11 is 0. The number of hydrogen-bond donors (Lipinski definition) is 2. The van der Waals surface area contributed by atoms with E-state index < -0.39 is 17.4 Å². The van der Waals surface area contributed by atoms with Crippen LogP contribution < -0.4 is 5.32 Å². The molecule has 1 aliphatic heterocycles. The van der Waals surface area contributed by atoms with Crippen molar-refractivity contribution >= 4 is 11.9 Å². The summed E-state index contributed by atoms with van der Waals surface area (Å²) in [6.07, 6.45) is 0.786. The van der Waals surface area contributed by atoms with E-state index in [9.17, 15) is 14.7 Å².